The Bertz CT molecular complexity index is 627. The molecule has 0 spiro atoms. The van der Waals surface area contributed by atoms with Gasteiger partial charge in [-0.1, -0.05) is 47.7 Å². The van der Waals surface area contributed by atoms with E-state index in [1.807, 2.05) is 16.8 Å². The fourth-order valence-corrected chi connectivity index (χ4v) is 3.50. The number of carbonyl (C=O) groups is 1. The van der Waals surface area contributed by atoms with Crippen LogP contribution in [0.4, 0.5) is 0 Å². The predicted octanol–water partition coefficient (Wildman–Crippen LogP) is 4.24. The van der Waals surface area contributed by atoms with Crippen molar-refractivity contribution < 1.29 is 4.79 Å². The molecule has 1 saturated carbocycles. The summed E-state index contributed by atoms with van der Waals surface area (Å²) in [5, 5.41) is 4.37. The third-order valence-electron chi connectivity index (χ3n) is 4.27. The summed E-state index contributed by atoms with van der Waals surface area (Å²) in [5.74, 6) is 0.124. The van der Waals surface area contributed by atoms with Gasteiger partial charge in [-0.05, 0) is 36.4 Å². The van der Waals surface area contributed by atoms with Gasteiger partial charge in [-0.2, -0.15) is 0 Å². The topological polar surface area (TPSA) is 34.0 Å². The van der Waals surface area contributed by atoms with Crippen LogP contribution < -0.4 is 5.32 Å². The quantitative estimate of drug-likeness (QED) is 0.826. The molecule has 112 valence electrons. The van der Waals surface area contributed by atoms with Crippen LogP contribution in [0, 0.1) is 0 Å². The summed E-state index contributed by atoms with van der Waals surface area (Å²) in [7, 11) is 0. The molecule has 1 heterocycles. The Morgan fingerprint density at radius 1 is 1.19 bits per heavy atom. The van der Waals surface area contributed by atoms with E-state index in [4.69, 9.17) is 0 Å². The number of rotatable bonds is 3. The molecule has 0 aliphatic heterocycles. The molecule has 0 bridgehead atoms. The first-order valence-corrected chi connectivity index (χ1v) is 8.55. The first kappa shape index (κ1) is 14.6. The number of fused-ring (bicyclic) bond motifs is 1. The SMILES string of the molecule is O=C(Cn1ccc2ccc(Br)cc21)NC1CCCCCC1. The van der Waals surface area contributed by atoms with Crippen molar-refractivity contribution in [2.45, 2.75) is 51.1 Å². The van der Waals surface area contributed by atoms with Crippen molar-refractivity contribution in [1.82, 2.24) is 9.88 Å². The molecular weight excluding hydrogens is 328 g/mol. The smallest absolute Gasteiger partial charge is 0.240 e. The van der Waals surface area contributed by atoms with Gasteiger partial charge in [0.2, 0.25) is 5.91 Å². The van der Waals surface area contributed by atoms with Crippen LogP contribution in [0.2, 0.25) is 0 Å². The van der Waals surface area contributed by atoms with Crippen LogP contribution in [0.15, 0.2) is 34.9 Å². The summed E-state index contributed by atoms with van der Waals surface area (Å²) in [5.41, 5.74) is 1.10. The van der Waals surface area contributed by atoms with E-state index in [1.54, 1.807) is 0 Å². The molecule has 0 radical (unpaired) electrons. The van der Waals surface area contributed by atoms with E-state index >= 15 is 0 Å². The second-order valence-corrected chi connectivity index (χ2v) is 6.82. The molecule has 1 amide bonds. The van der Waals surface area contributed by atoms with Gasteiger partial charge in [0.05, 0.1) is 0 Å². The van der Waals surface area contributed by atoms with Crippen molar-refractivity contribution in [1.29, 1.82) is 0 Å². The molecule has 1 aromatic heterocycles. The van der Waals surface area contributed by atoms with E-state index in [2.05, 4.69) is 39.4 Å². The number of aromatic nitrogens is 1. The van der Waals surface area contributed by atoms with Gasteiger partial charge < -0.3 is 9.88 Å². The lowest BCUT2D eigenvalue weighted by Crippen LogP contribution is -2.36. The van der Waals surface area contributed by atoms with Gasteiger partial charge in [-0.3, -0.25) is 4.79 Å². The van der Waals surface area contributed by atoms with Crippen LogP contribution in [0.3, 0.4) is 0 Å². The van der Waals surface area contributed by atoms with Crippen LogP contribution in [0.25, 0.3) is 10.9 Å². The minimum atomic E-state index is 0.124. The van der Waals surface area contributed by atoms with Gasteiger partial charge >= 0.3 is 0 Å². The zero-order chi connectivity index (χ0) is 14.7. The van der Waals surface area contributed by atoms with Crippen molar-refractivity contribution in [3.05, 3.63) is 34.9 Å². The number of carbonyl (C=O) groups excluding carboxylic acids is 1. The van der Waals surface area contributed by atoms with Crippen LogP contribution in [-0.2, 0) is 11.3 Å². The average molecular weight is 349 g/mol. The molecule has 3 rings (SSSR count). The Balaban J connectivity index is 1.67. The summed E-state index contributed by atoms with van der Waals surface area (Å²) in [6, 6.07) is 8.58. The lowest BCUT2D eigenvalue weighted by molar-refractivity contribution is -0.122. The standard InChI is InChI=1S/C17H21BrN2O/c18-14-8-7-13-9-10-20(16(13)11-14)12-17(21)19-15-5-3-1-2-4-6-15/h7-11,15H,1-6,12H2,(H,19,21). The lowest BCUT2D eigenvalue weighted by atomic mass is 10.1. The van der Waals surface area contributed by atoms with Crippen molar-refractivity contribution in [3.63, 3.8) is 0 Å². The number of benzene rings is 1. The number of hydrogen-bond acceptors (Lipinski definition) is 1. The van der Waals surface area contributed by atoms with E-state index in [0.717, 1.165) is 22.8 Å². The van der Waals surface area contributed by atoms with E-state index in [9.17, 15) is 4.79 Å². The van der Waals surface area contributed by atoms with Gasteiger partial charge in [-0.15, -0.1) is 0 Å². The highest BCUT2D eigenvalue weighted by Gasteiger charge is 2.15. The number of nitrogens with zero attached hydrogens (tertiary/aromatic N) is 1. The summed E-state index contributed by atoms with van der Waals surface area (Å²) >= 11 is 3.49. The Kier molecular flexibility index (Phi) is 4.63. The van der Waals surface area contributed by atoms with Crippen LogP contribution in [0.1, 0.15) is 38.5 Å². The number of halogens is 1. The van der Waals surface area contributed by atoms with Gasteiger partial charge in [0.15, 0.2) is 0 Å². The van der Waals surface area contributed by atoms with Crippen molar-refractivity contribution in [3.8, 4) is 0 Å². The van der Waals surface area contributed by atoms with E-state index in [0.29, 0.717) is 12.6 Å². The molecule has 1 fully saturated rings. The van der Waals surface area contributed by atoms with Crippen LogP contribution in [0.5, 0.6) is 0 Å². The van der Waals surface area contributed by atoms with Crippen molar-refractivity contribution >= 4 is 32.7 Å². The second-order valence-electron chi connectivity index (χ2n) is 5.90. The van der Waals surface area contributed by atoms with Crippen LogP contribution >= 0.6 is 15.9 Å². The molecule has 1 N–H and O–H groups in total. The summed E-state index contributed by atoms with van der Waals surface area (Å²) in [6.07, 6.45) is 9.34. The fourth-order valence-electron chi connectivity index (χ4n) is 3.15. The second kappa shape index (κ2) is 6.65. The third kappa shape index (κ3) is 3.67. The van der Waals surface area contributed by atoms with E-state index in [-0.39, 0.29) is 5.91 Å². The fraction of sp³-hybridized carbons (Fsp3) is 0.471. The third-order valence-corrected chi connectivity index (χ3v) is 4.76. The molecule has 0 saturated heterocycles. The monoisotopic (exact) mass is 348 g/mol. The highest BCUT2D eigenvalue weighted by molar-refractivity contribution is 9.10. The highest BCUT2D eigenvalue weighted by atomic mass is 79.9. The van der Waals surface area contributed by atoms with Gasteiger partial charge in [0, 0.05) is 22.2 Å². The predicted molar refractivity (Wildman–Crippen MR) is 89.3 cm³/mol. The van der Waals surface area contributed by atoms with E-state index < -0.39 is 0 Å². The average Bonchev–Trinajstić information content (AvgIpc) is 2.68. The molecular formula is C17H21BrN2O. The van der Waals surface area contributed by atoms with Crippen LogP contribution in [-0.4, -0.2) is 16.5 Å². The first-order valence-electron chi connectivity index (χ1n) is 7.76. The first-order chi connectivity index (χ1) is 10.2. The normalized spacial score (nSPS) is 16.8. The maximum Gasteiger partial charge on any atom is 0.240 e. The van der Waals surface area contributed by atoms with Crippen molar-refractivity contribution in [2.75, 3.05) is 0 Å². The van der Waals surface area contributed by atoms with Gasteiger partial charge in [-0.25, -0.2) is 0 Å². The number of nitrogens with one attached hydrogen (secondary N) is 1. The minimum Gasteiger partial charge on any atom is -0.352 e. The highest BCUT2D eigenvalue weighted by Crippen LogP contribution is 2.21. The largest absolute Gasteiger partial charge is 0.352 e. The molecule has 21 heavy (non-hydrogen) atoms. The number of amides is 1. The lowest BCUT2D eigenvalue weighted by Gasteiger charge is -2.16. The van der Waals surface area contributed by atoms with E-state index in [1.165, 1.54) is 31.1 Å². The molecule has 0 unspecified atom stereocenters. The van der Waals surface area contributed by atoms with Gasteiger partial charge in [0.1, 0.15) is 6.54 Å². The molecule has 4 heteroatoms. The molecule has 0 atom stereocenters. The summed E-state index contributed by atoms with van der Waals surface area (Å²) in [4.78, 5) is 12.3. The maximum atomic E-state index is 12.3. The molecule has 3 nitrogen and oxygen atoms in total. The summed E-state index contributed by atoms with van der Waals surface area (Å²) in [6.45, 7) is 0.399. The zero-order valence-electron chi connectivity index (χ0n) is 12.1. The summed E-state index contributed by atoms with van der Waals surface area (Å²) < 4.78 is 3.06. The maximum absolute atomic E-state index is 12.3. The number of hydrogen-bond donors (Lipinski definition) is 1. The Morgan fingerprint density at radius 3 is 2.71 bits per heavy atom. The van der Waals surface area contributed by atoms with Crippen molar-refractivity contribution in [2.24, 2.45) is 0 Å². The minimum absolute atomic E-state index is 0.124. The molecule has 1 aliphatic rings. The van der Waals surface area contributed by atoms with Gasteiger partial charge in [0.25, 0.3) is 0 Å². The molecule has 1 aliphatic carbocycles. The Labute approximate surface area is 133 Å². The zero-order valence-corrected chi connectivity index (χ0v) is 13.7. The Hall–Kier alpha value is -1.29. The molecule has 2 aromatic rings. The molecule has 1 aromatic carbocycles. The Morgan fingerprint density at radius 2 is 1.95 bits per heavy atom.